The van der Waals surface area contributed by atoms with Crippen molar-refractivity contribution in [3.63, 3.8) is 0 Å². The number of primary amides is 2. The molecule has 9 heteroatoms. The number of likely N-dealkylation sites (tertiary alicyclic amines) is 2. The van der Waals surface area contributed by atoms with Crippen LogP contribution in [0.4, 0.5) is 0 Å². The van der Waals surface area contributed by atoms with Gasteiger partial charge in [0.1, 0.15) is 12.1 Å². The molecule has 0 aromatic heterocycles. The highest BCUT2D eigenvalue weighted by molar-refractivity contribution is 6.30. The zero-order valence-corrected chi connectivity index (χ0v) is 17.5. The minimum absolute atomic E-state index is 0.0617. The summed E-state index contributed by atoms with van der Waals surface area (Å²) in [6.45, 7) is 0.952. The van der Waals surface area contributed by atoms with Crippen LogP contribution in [0.3, 0.4) is 0 Å². The third-order valence-corrected chi connectivity index (χ3v) is 6.24. The van der Waals surface area contributed by atoms with Gasteiger partial charge in [0.15, 0.2) is 0 Å². The first-order valence-corrected chi connectivity index (χ1v) is 10.6. The standard InChI is InChI=1S/C21H27ClN4O4/c22-15-7-5-13(6-8-15)14(11-18(27)25-9-1-3-16(25)20(23)29)12-19(28)26-10-2-4-17(26)21(24)30/h5-8,14,16-17H,1-4,9-12H2,(H2,23,29)(H2,24,30). The molecule has 0 saturated carbocycles. The maximum atomic E-state index is 13.0. The molecule has 0 aliphatic carbocycles. The molecule has 4 N–H and O–H groups in total. The maximum absolute atomic E-state index is 13.0. The highest BCUT2D eigenvalue weighted by Crippen LogP contribution is 2.30. The molecular weight excluding hydrogens is 408 g/mol. The van der Waals surface area contributed by atoms with Crippen molar-refractivity contribution in [3.05, 3.63) is 34.9 Å². The summed E-state index contributed by atoms with van der Waals surface area (Å²) in [5.41, 5.74) is 11.7. The summed E-state index contributed by atoms with van der Waals surface area (Å²) in [6.07, 6.45) is 2.67. The van der Waals surface area contributed by atoms with Gasteiger partial charge in [0, 0.05) is 36.9 Å². The number of nitrogens with two attached hydrogens (primary N) is 2. The van der Waals surface area contributed by atoms with E-state index in [1.165, 1.54) is 9.80 Å². The van der Waals surface area contributed by atoms with E-state index in [1.807, 2.05) is 0 Å². The first-order chi connectivity index (χ1) is 14.3. The molecule has 0 spiro atoms. The Morgan fingerprint density at radius 3 is 1.70 bits per heavy atom. The first-order valence-electron chi connectivity index (χ1n) is 10.2. The van der Waals surface area contributed by atoms with Gasteiger partial charge in [0.25, 0.3) is 0 Å². The Hall–Kier alpha value is -2.61. The fraction of sp³-hybridized carbons (Fsp3) is 0.524. The minimum atomic E-state index is -0.600. The molecule has 8 nitrogen and oxygen atoms in total. The number of hydrogen-bond donors (Lipinski definition) is 2. The number of halogens is 1. The van der Waals surface area contributed by atoms with E-state index in [4.69, 9.17) is 23.1 Å². The molecule has 30 heavy (non-hydrogen) atoms. The van der Waals surface area contributed by atoms with Crippen LogP contribution in [-0.4, -0.2) is 58.6 Å². The Kier molecular flexibility index (Phi) is 6.97. The van der Waals surface area contributed by atoms with Gasteiger partial charge in [-0.15, -0.1) is 0 Å². The molecule has 2 atom stereocenters. The van der Waals surface area contributed by atoms with Crippen LogP contribution in [0.2, 0.25) is 5.02 Å². The Labute approximate surface area is 180 Å². The molecule has 3 rings (SSSR count). The average molecular weight is 435 g/mol. The molecule has 0 radical (unpaired) electrons. The minimum Gasteiger partial charge on any atom is -0.368 e. The Balaban J connectivity index is 1.78. The van der Waals surface area contributed by atoms with E-state index in [1.54, 1.807) is 24.3 Å². The van der Waals surface area contributed by atoms with Crippen LogP contribution in [0.15, 0.2) is 24.3 Å². The second-order valence-electron chi connectivity index (χ2n) is 7.95. The van der Waals surface area contributed by atoms with Gasteiger partial charge in [-0.3, -0.25) is 19.2 Å². The lowest BCUT2D eigenvalue weighted by molar-refractivity contribution is -0.139. The number of nitrogens with zero attached hydrogens (tertiary/aromatic N) is 2. The maximum Gasteiger partial charge on any atom is 0.240 e. The van der Waals surface area contributed by atoms with Crippen molar-refractivity contribution in [2.24, 2.45) is 11.5 Å². The predicted octanol–water partition coefficient (Wildman–Crippen LogP) is 1.16. The van der Waals surface area contributed by atoms with E-state index in [9.17, 15) is 19.2 Å². The van der Waals surface area contributed by atoms with Crippen LogP contribution in [0.25, 0.3) is 0 Å². The van der Waals surface area contributed by atoms with E-state index in [-0.39, 0.29) is 24.7 Å². The van der Waals surface area contributed by atoms with Gasteiger partial charge in [-0.05, 0) is 43.4 Å². The van der Waals surface area contributed by atoms with Gasteiger partial charge in [-0.2, -0.15) is 0 Å². The molecule has 2 saturated heterocycles. The number of carbonyl (C=O) groups excluding carboxylic acids is 4. The summed E-state index contributed by atoms with van der Waals surface area (Å²) in [5.74, 6) is -1.86. The van der Waals surface area contributed by atoms with E-state index in [2.05, 4.69) is 0 Å². The fourth-order valence-electron chi connectivity index (χ4n) is 4.42. The lowest BCUT2D eigenvalue weighted by Crippen LogP contribution is -2.45. The second kappa shape index (κ2) is 9.47. The van der Waals surface area contributed by atoms with Gasteiger partial charge in [-0.25, -0.2) is 0 Å². The molecule has 1 aromatic rings. The zero-order chi connectivity index (χ0) is 21.8. The number of carbonyl (C=O) groups is 4. The van der Waals surface area contributed by atoms with Crippen LogP contribution in [0.5, 0.6) is 0 Å². The topological polar surface area (TPSA) is 127 Å². The van der Waals surface area contributed by atoms with Crippen LogP contribution >= 0.6 is 11.6 Å². The summed E-state index contributed by atoms with van der Waals surface area (Å²) in [5, 5.41) is 0.553. The molecule has 2 fully saturated rings. The van der Waals surface area contributed by atoms with Crippen molar-refractivity contribution in [2.75, 3.05) is 13.1 Å². The number of rotatable bonds is 7. The van der Waals surface area contributed by atoms with Crippen molar-refractivity contribution in [2.45, 2.75) is 56.5 Å². The van der Waals surface area contributed by atoms with Gasteiger partial charge in [-0.1, -0.05) is 23.7 Å². The molecule has 2 aliphatic heterocycles. The van der Waals surface area contributed by atoms with Crippen LogP contribution in [0.1, 0.15) is 50.0 Å². The number of hydrogen-bond acceptors (Lipinski definition) is 4. The van der Waals surface area contributed by atoms with Crippen LogP contribution in [-0.2, 0) is 19.2 Å². The van der Waals surface area contributed by atoms with Gasteiger partial charge >= 0.3 is 0 Å². The number of benzene rings is 1. The van der Waals surface area contributed by atoms with E-state index < -0.39 is 29.8 Å². The van der Waals surface area contributed by atoms with E-state index >= 15 is 0 Å². The highest BCUT2D eigenvalue weighted by Gasteiger charge is 2.36. The second-order valence-corrected chi connectivity index (χ2v) is 8.39. The summed E-state index contributed by atoms with van der Waals surface area (Å²) in [6, 6.07) is 5.80. The van der Waals surface area contributed by atoms with Gasteiger partial charge in [0.2, 0.25) is 23.6 Å². The van der Waals surface area contributed by atoms with Crippen molar-refractivity contribution in [3.8, 4) is 0 Å². The third-order valence-electron chi connectivity index (χ3n) is 5.99. The van der Waals surface area contributed by atoms with Crippen molar-refractivity contribution >= 4 is 35.2 Å². The lowest BCUT2D eigenvalue weighted by atomic mass is 9.91. The van der Waals surface area contributed by atoms with Crippen LogP contribution < -0.4 is 11.5 Å². The SMILES string of the molecule is NC(=O)C1CCCN1C(=O)CC(CC(=O)N1CCCC1C(N)=O)c1ccc(Cl)cc1. The number of amides is 4. The summed E-state index contributed by atoms with van der Waals surface area (Å²) in [7, 11) is 0. The molecule has 2 unspecified atom stereocenters. The monoisotopic (exact) mass is 434 g/mol. The first kappa shape index (κ1) is 22.1. The Bertz CT molecular complexity index is 783. The molecule has 2 heterocycles. The normalized spacial score (nSPS) is 22.2. The van der Waals surface area contributed by atoms with Gasteiger partial charge in [0.05, 0.1) is 0 Å². The molecular formula is C21H27ClN4O4. The summed E-state index contributed by atoms with van der Waals surface area (Å²) < 4.78 is 0. The fourth-order valence-corrected chi connectivity index (χ4v) is 4.55. The molecule has 2 aliphatic rings. The Morgan fingerprint density at radius 2 is 1.30 bits per heavy atom. The third kappa shape index (κ3) is 4.92. The molecule has 4 amide bonds. The zero-order valence-electron chi connectivity index (χ0n) is 16.8. The highest BCUT2D eigenvalue weighted by atomic mass is 35.5. The Morgan fingerprint density at radius 1 is 0.867 bits per heavy atom. The molecule has 162 valence electrons. The van der Waals surface area contributed by atoms with E-state index in [0.29, 0.717) is 31.0 Å². The van der Waals surface area contributed by atoms with Crippen LogP contribution in [0, 0.1) is 0 Å². The van der Waals surface area contributed by atoms with Crippen molar-refractivity contribution in [1.29, 1.82) is 0 Å². The summed E-state index contributed by atoms with van der Waals surface area (Å²) >= 11 is 5.99. The van der Waals surface area contributed by atoms with Gasteiger partial charge < -0.3 is 21.3 Å². The molecule has 0 bridgehead atoms. The van der Waals surface area contributed by atoms with Crippen molar-refractivity contribution < 1.29 is 19.2 Å². The quantitative estimate of drug-likeness (QED) is 0.667. The van der Waals surface area contributed by atoms with E-state index in [0.717, 1.165) is 18.4 Å². The smallest absolute Gasteiger partial charge is 0.240 e. The predicted molar refractivity (Wildman–Crippen MR) is 111 cm³/mol. The largest absolute Gasteiger partial charge is 0.368 e. The lowest BCUT2D eigenvalue weighted by Gasteiger charge is -2.27. The summed E-state index contributed by atoms with van der Waals surface area (Å²) in [4.78, 5) is 52.3. The molecule has 1 aromatic carbocycles. The van der Waals surface area contributed by atoms with Crippen molar-refractivity contribution in [1.82, 2.24) is 9.80 Å². The average Bonchev–Trinajstić information content (AvgIpc) is 3.37.